The zero-order valence-corrected chi connectivity index (χ0v) is 5.91. The first-order valence-corrected chi connectivity index (χ1v) is 3.40. The molecule has 0 saturated heterocycles. The van der Waals surface area contributed by atoms with E-state index in [0.29, 0.717) is 0 Å². The average Bonchev–Trinajstić information content (AvgIpc) is 2.34. The predicted octanol–water partition coefficient (Wildman–Crippen LogP) is 2.25. The fraction of sp³-hybridized carbons (Fsp3) is 0.111. The second-order valence-corrected chi connectivity index (χ2v) is 2.49. The molecule has 0 aliphatic carbocycles. The van der Waals surface area contributed by atoms with Gasteiger partial charge in [-0.15, -0.1) is 0 Å². The summed E-state index contributed by atoms with van der Waals surface area (Å²) in [6.07, 6.45) is 4.13. The van der Waals surface area contributed by atoms with E-state index in [1.54, 1.807) is 0 Å². The number of nitrogens with zero attached hydrogens (tertiary/aromatic N) is 1. The van der Waals surface area contributed by atoms with Crippen LogP contribution >= 0.6 is 0 Å². The zero-order valence-electron chi connectivity index (χ0n) is 5.91. The Kier molecular flexibility index (Phi) is 1.04. The van der Waals surface area contributed by atoms with E-state index < -0.39 is 0 Å². The van der Waals surface area contributed by atoms with Gasteiger partial charge in [0.25, 0.3) is 0 Å². The molecule has 0 saturated carbocycles. The molecule has 0 aromatic carbocycles. The number of fused-ring (bicyclic) bond motifs is 1. The van der Waals surface area contributed by atoms with Gasteiger partial charge in [-0.1, -0.05) is 6.07 Å². The quantitative estimate of drug-likeness (QED) is 0.516. The Morgan fingerprint density at radius 1 is 1.10 bits per heavy atom. The molecule has 2 aromatic heterocycles. The lowest BCUT2D eigenvalue weighted by Gasteiger charge is -1.91. The maximum Gasteiger partial charge on any atom is 0.0479 e. The molecule has 1 heteroatoms. The van der Waals surface area contributed by atoms with Gasteiger partial charge in [0.1, 0.15) is 0 Å². The van der Waals surface area contributed by atoms with Crippen LogP contribution in [0.2, 0.25) is 0 Å². The number of hydrogen-bond donors (Lipinski definition) is 0. The smallest absolute Gasteiger partial charge is 0.0479 e. The molecule has 0 bridgehead atoms. The minimum Gasteiger partial charge on any atom is -0.324 e. The van der Waals surface area contributed by atoms with Crippen molar-refractivity contribution in [3.05, 3.63) is 42.2 Å². The predicted molar refractivity (Wildman–Crippen MR) is 42.1 cm³/mol. The molecule has 0 fully saturated rings. The van der Waals surface area contributed by atoms with Crippen LogP contribution in [0.15, 0.2) is 36.7 Å². The minimum atomic E-state index is 1.29. The molecule has 2 heterocycles. The monoisotopic (exact) mass is 131 g/mol. The van der Waals surface area contributed by atoms with Crippen LogP contribution in [0.4, 0.5) is 0 Å². The first-order chi connectivity index (χ1) is 4.88. The van der Waals surface area contributed by atoms with Gasteiger partial charge in [0, 0.05) is 17.9 Å². The highest BCUT2D eigenvalue weighted by Crippen LogP contribution is 2.09. The molecule has 50 valence electrons. The molecule has 0 N–H and O–H groups in total. The average molecular weight is 131 g/mol. The van der Waals surface area contributed by atoms with E-state index in [2.05, 4.69) is 41.9 Å². The largest absolute Gasteiger partial charge is 0.324 e. The summed E-state index contributed by atoms with van der Waals surface area (Å²) < 4.78 is 2.12. The highest BCUT2D eigenvalue weighted by atomic mass is 14.8. The summed E-state index contributed by atoms with van der Waals surface area (Å²) in [5.74, 6) is 0. The molecule has 0 atom stereocenters. The van der Waals surface area contributed by atoms with Crippen LogP contribution in [0.25, 0.3) is 5.52 Å². The summed E-state index contributed by atoms with van der Waals surface area (Å²) in [6.45, 7) is 2.12. The van der Waals surface area contributed by atoms with Gasteiger partial charge in [-0.25, -0.2) is 0 Å². The number of pyridine rings is 1. The van der Waals surface area contributed by atoms with Crippen molar-refractivity contribution in [3.8, 4) is 0 Å². The van der Waals surface area contributed by atoms with E-state index in [4.69, 9.17) is 0 Å². The molecule has 1 nitrogen and oxygen atoms in total. The summed E-state index contributed by atoms with van der Waals surface area (Å²) >= 11 is 0. The van der Waals surface area contributed by atoms with Crippen molar-refractivity contribution >= 4 is 5.52 Å². The van der Waals surface area contributed by atoms with Gasteiger partial charge >= 0.3 is 0 Å². The highest BCUT2D eigenvalue weighted by molar-refractivity contribution is 5.54. The van der Waals surface area contributed by atoms with Crippen LogP contribution in [0, 0.1) is 6.92 Å². The van der Waals surface area contributed by atoms with Gasteiger partial charge in [0.2, 0.25) is 0 Å². The zero-order chi connectivity index (χ0) is 6.97. The van der Waals surface area contributed by atoms with Gasteiger partial charge in [0.15, 0.2) is 0 Å². The Labute approximate surface area is 59.9 Å². The number of rotatable bonds is 0. The van der Waals surface area contributed by atoms with Gasteiger partial charge < -0.3 is 4.40 Å². The summed E-state index contributed by atoms with van der Waals surface area (Å²) in [7, 11) is 0. The van der Waals surface area contributed by atoms with Gasteiger partial charge in [-0.2, -0.15) is 0 Å². The van der Waals surface area contributed by atoms with Crippen molar-refractivity contribution in [1.29, 1.82) is 0 Å². The van der Waals surface area contributed by atoms with Crippen LogP contribution in [-0.2, 0) is 0 Å². The van der Waals surface area contributed by atoms with E-state index >= 15 is 0 Å². The topological polar surface area (TPSA) is 4.41 Å². The molecule has 2 aromatic rings. The third-order valence-electron chi connectivity index (χ3n) is 1.78. The summed E-state index contributed by atoms with van der Waals surface area (Å²) in [5.41, 5.74) is 2.63. The third kappa shape index (κ3) is 0.637. The molecule has 0 aliphatic rings. The normalized spacial score (nSPS) is 10.5. The number of aromatic nitrogens is 1. The van der Waals surface area contributed by atoms with Crippen LogP contribution < -0.4 is 0 Å². The molecule has 0 aliphatic heterocycles. The molecule has 10 heavy (non-hydrogen) atoms. The number of aryl methyl sites for hydroxylation is 1. The van der Waals surface area contributed by atoms with Crippen molar-refractivity contribution in [1.82, 2.24) is 4.40 Å². The first-order valence-electron chi connectivity index (χ1n) is 3.40. The Morgan fingerprint density at radius 2 is 2.00 bits per heavy atom. The van der Waals surface area contributed by atoms with E-state index in [0.717, 1.165) is 0 Å². The maximum atomic E-state index is 2.12. The van der Waals surface area contributed by atoms with Crippen molar-refractivity contribution < 1.29 is 0 Å². The standard InChI is InChI=1S/C9H9N/c1-8-5-7-10-6-3-2-4-9(8)10/h2-7H,1H3. The Bertz CT molecular complexity index is 346. The van der Waals surface area contributed by atoms with Crippen LogP contribution in [0.3, 0.4) is 0 Å². The van der Waals surface area contributed by atoms with Gasteiger partial charge in [0.05, 0.1) is 0 Å². The second-order valence-electron chi connectivity index (χ2n) is 2.49. The lowest BCUT2D eigenvalue weighted by Crippen LogP contribution is -1.78. The molecule has 0 amide bonds. The minimum absolute atomic E-state index is 1.29. The fourth-order valence-electron chi connectivity index (χ4n) is 1.20. The van der Waals surface area contributed by atoms with Gasteiger partial charge in [-0.3, -0.25) is 0 Å². The highest BCUT2D eigenvalue weighted by Gasteiger charge is 1.92. The van der Waals surface area contributed by atoms with Crippen LogP contribution in [-0.4, -0.2) is 4.40 Å². The van der Waals surface area contributed by atoms with Crippen LogP contribution in [0.1, 0.15) is 5.56 Å². The lowest BCUT2D eigenvalue weighted by molar-refractivity contribution is 1.20. The van der Waals surface area contributed by atoms with E-state index in [9.17, 15) is 0 Å². The Hall–Kier alpha value is -1.24. The molecular formula is C9H9N. The SMILES string of the molecule is Cc1ccn2ccccc12. The molecule has 0 radical (unpaired) electrons. The molecule has 2 rings (SSSR count). The summed E-state index contributed by atoms with van der Waals surface area (Å²) in [4.78, 5) is 0. The summed E-state index contributed by atoms with van der Waals surface area (Å²) in [6, 6.07) is 8.33. The van der Waals surface area contributed by atoms with Crippen molar-refractivity contribution in [2.75, 3.05) is 0 Å². The van der Waals surface area contributed by atoms with Crippen LogP contribution in [0.5, 0.6) is 0 Å². The lowest BCUT2D eigenvalue weighted by atomic mass is 10.3. The fourth-order valence-corrected chi connectivity index (χ4v) is 1.20. The van der Waals surface area contributed by atoms with Crippen molar-refractivity contribution in [3.63, 3.8) is 0 Å². The molecule has 0 unspecified atom stereocenters. The van der Waals surface area contributed by atoms with E-state index in [1.807, 2.05) is 6.07 Å². The number of hydrogen-bond acceptors (Lipinski definition) is 0. The van der Waals surface area contributed by atoms with E-state index in [1.165, 1.54) is 11.1 Å². The molecular weight excluding hydrogens is 122 g/mol. The first kappa shape index (κ1) is 5.54. The Morgan fingerprint density at radius 3 is 2.80 bits per heavy atom. The Balaban J connectivity index is 2.93. The van der Waals surface area contributed by atoms with Crippen molar-refractivity contribution in [2.45, 2.75) is 6.92 Å². The van der Waals surface area contributed by atoms with Gasteiger partial charge in [-0.05, 0) is 30.7 Å². The maximum absolute atomic E-state index is 2.12. The summed E-state index contributed by atoms with van der Waals surface area (Å²) in [5, 5.41) is 0. The molecule has 0 spiro atoms. The third-order valence-corrected chi connectivity index (χ3v) is 1.78. The van der Waals surface area contributed by atoms with E-state index in [-0.39, 0.29) is 0 Å². The van der Waals surface area contributed by atoms with Crippen molar-refractivity contribution in [2.24, 2.45) is 0 Å². The second kappa shape index (κ2) is 1.87.